The number of hydrogen-bond acceptors (Lipinski definition) is 5. The van der Waals surface area contributed by atoms with Crippen LogP contribution in [0.15, 0.2) is 36.5 Å². The molecule has 1 aromatic carbocycles. The number of carbonyl (C=O) groups excluding carboxylic acids is 1. The van der Waals surface area contributed by atoms with Crippen molar-refractivity contribution < 1.29 is 23.1 Å². The number of aliphatic hydroxyl groups excluding tert-OH is 1. The first-order valence-electron chi connectivity index (χ1n) is 8.51. The van der Waals surface area contributed by atoms with Gasteiger partial charge in [0.2, 0.25) is 11.9 Å². The maximum absolute atomic E-state index is 12.9. The highest BCUT2D eigenvalue weighted by molar-refractivity contribution is 5.85. The lowest BCUT2D eigenvalue weighted by molar-refractivity contribution is -0.137. The smallest absolute Gasteiger partial charge is 0.390 e. The number of halogens is 3. The molecule has 3 rings (SSSR count). The highest BCUT2D eigenvalue weighted by Gasteiger charge is 2.32. The second kappa shape index (κ2) is 7.91. The van der Waals surface area contributed by atoms with Gasteiger partial charge in [0.15, 0.2) is 0 Å². The van der Waals surface area contributed by atoms with Crippen molar-refractivity contribution in [2.24, 2.45) is 0 Å². The van der Waals surface area contributed by atoms with Gasteiger partial charge >= 0.3 is 6.18 Å². The molecular weight excluding hydrogens is 361 g/mol. The summed E-state index contributed by atoms with van der Waals surface area (Å²) in [6.45, 7) is 0.348. The lowest BCUT2D eigenvalue weighted by Crippen LogP contribution is -2.47. The van der Waals surface area contributed by atoms with Gasteiger partial charge in [-0.3, -0.25) is 4.79 Å². The number of hydrogen-bond donors (Lipinski definition) is 2. The summed E-state index contributed by atoms with van der Waals surface area (Å²) >= 11 is 0. The fraction of sp³-hybridized carbons (Fsp3) is 0.389. The van der Waals surface area contributed by atoms with Gasteiger partial charge in [-0.15, -0.1) is 0 Å². The second-order valence-electron chi connectivity index (χ2n) is 6.33. The molecule has 1 saturated heterocycles. The number of aliphatic hydroxyl groups is 1. The van der Waals surface area contributed by atoms with E-state index in [4.69, 9.17) is 5.11 Å². The van der Waals surface area contributed by atoms with Gasteiger partial charge in [0.25, 0.3) is 0 Å². The molecule has 2 heterocycles. The van der Waals surface area contributed by atoms with Crippen LogP contribution in [0.1, 0.15) is 29.7 Å². The second-order valence-corrected chi connectivity index (χ2v) is 6.33. The van der Waals surface area contributed by atoms with Crippen LogP contribution in [0, 0.1) is 0 Å². The van der Waals surface area contributed by atoms with E-state index in [-0.39, 0.29) is 25.0 Å². The van der Waals surface area contributed by atoms with Crippen molar-refractivity contribution in [3.05, 3.63) is 53.3 Å². The SMILES string of the molecule is O=C1C(Nc2nccc(CO)n2)CCCN1Cc1cccc(C(F)(F)F)c1. The van der Waals surface area contributed by atoms with E-state index in [1.54, 1.807) is 12.1 Å². The summed E-state index contributed by atoms with van der Waals surface area (Å²) in [5.74, 6) is 0.0254. The van der Waals surface area contributed by atoms with Crippen LogP contribution in [0.4, 0.5) is 19.1 Å². The molecule has 0 aliphatic carbocycles. The molecule has 1 unspecified atom stereocenters. The first-order valence-corrected chi connectivity index (χ1v) is 8.51. The highest BCUT2D eigenvalue weighted by atomic mass is 19.4. The monoisotopic (exact) mass is 380 g/mol. The minimum atomic E-state index is -4.42. The van der Waals surface area contributed by atoms with E-state index in [2.05, 4.69) is 15.3 Å². The molecule has 1 aliphatic rings. The van der Waals surface area contributed by atoms with E-state index in [9.17, 15) is 18.0 Å². The molecule has 1 atom stereocenters. The van der Waals surface area contributed by atoms with Crippen molar-refractivity contribution in [2.45, 2.75) is 38.2 Å². The van der Waals surface area contributed by atoms with Crippen LogP contribution in [-0.4, -0.2) is 38.5 Å². The summed E-state index contributed by atoms with van der Waals surface area (Å²) in [5.41, 5.74) is 0.127. The quantitative estimate of drug-likeness (QED) is 0.834. The molecule has 27 heavy (non-hydrogen) atoms. The Morgan fingerprint density at radius 1 is 1.30 bits per heavy atom. The Balaban J connectivity index is 1.69. The number of anilines is 1. The third kappa shape index (κ3) is 4.73. The van der Waals surface area contributed by atoms with Crippen LogP contribution in [-0.2, 0) is 24.1 Å². The van der Waals surface area contributed by atoms with Gasteiger partial charge in [-0.25, -0.2) is 9.97 Å². The van der Waals surface area contributed by atoms with E-state index >= 15 is 0 Å². The topological polar surface area (TPSA) is 78.3 Å². The third-order valence-electron chi connectivity index (χ3n) is 4.34. The van der Waals surface area contributed by atoms with Crippen molar-refractivity contribution >= 4 is 11.9 Å². The average Bonchev–Trinajstić information content (AvgIpc) is 2.65. The van der Waals surface area contributed by atoms with Crippen LogP contribution in [0.3, 0.4) is 0 Å². The van der Waals surface area contributed by atoms with Gasteiger partial charge in [-0.1, -0.05) is 12.1 Å². The normalized spacial score (nSPS) is 17.9. The predicted molar refractivity (Wildman–Crippen MR) is 91.5 cm³/mol. The van der Waals surface area contributed by atoms with Gasteiger partial charge in [0.05, 0.1) is 17.9 Å². The molecule has 1 aliphatic heterocycles. The molecular formula is C18H19F3N4O2. The Bertz CT molecular complexity index is 813. The lowest BCUT2D eigenvalue weighted by Gasteiger charge is -2.32. The minimum absolute atomic E-state index is 0.110. The first kappa shape index (κ1) is 19.1. The summed E-state index contributed by atoms with van der Waals surface area (Å²) in [4.78, 5) is 22.4. The van der Waals surface area contributed by atoms with Crippen molar-refractivity contribution in [3.8, 4) is 0 Å². The Hall–Kier alpha value is -2.68. The number of piperidine rings is 1. The minimum Gasteiger partial charge on any atom is -0.390 e. The maximum atomic E-state index is 12.9. The van der Waals surface area contributed by atoms with Crippen molar-refractivity contribution in [1.82, 2.24) is 14.9 Å². The molecule has 0 spiro atoms. The number of nitrogens with one attached hydrogen (secondary N) is 1. The van der Waals surface area contributed by atoms with E-state index < -0.39 is 17.8 Å². The Kier molecular flexibility index (Phi) is 5.59. The average molecular weight is 380 g/mol. The molecule has 2 aromatic rings. The highest BCUT2D eigenvalue weighted by Crippen LogP contribution is 2.30. The lowest BCUT2D eigenvalue weighted by atomic mass is 10.0. The number of amides is 1. The molecule has 9 heteroatoms. The standard InChI is InChI=1S/C18H19F3N4O2/c19-18(20,21)13-4-1-3-12(9-13)10-25-8-2-5-15(16(25)27)24-17-22-7-6-14(11-26)23-17/h1,3-4,6-7,9,15,26H,2,5,8,10-11H2,(H,22,23,24). The Morgan fingerprint density at radius 3 is 2.85 bits per heavy atom. The number of likely N-dealkylation sites (tertiary alicyclic amines) is 1. The summed E-state index contributed by atoms with van der Waals surface area (Å²) in [6, 6.07) is 6.01. The van der Waals surface area contributed by atoms with Crippen LogP contribution < -0.4 is 5.32 Å². The largest absolute Gasteiger partial charge is 0.416 e. The molecule has 144 valence electrons. The fourth-order valence-electron chi connectivity index (χ4n) is 3.01. The summed E-state index contributed by atoms with van der Waals surface area (Å²) in [7, 11) is 0. The van der Waals surface area contributed by atoms with E-state index in [1.807, 2.05) is 0 Å². The molecule has 0 radical (unpaired) electrons. The molecule has 1 fully saturated rings. The van der Waals surface area contributed by atoms with Gasteiger partial charge in [-0.05, 0) is 36.6 Å². The van der Waals surface area contributed by atoms with E-state index in [1.165, 1.54) is 17.2 Å². The summed E-state index contributed by atoms with van der Waals surface area (Å²) in [5, 5.41) is 12.1. The van der Waals surface area contributed by atoms with Crippen molar-refractivity contribution in [1.29, 1.82) is 0 Å². The third-order valence-corrected chi connectivity index (χ3v) is 4.34. The predicted octanol–water partition coefficient (Wildman–Crippen LogP) is 2.59. The van der Waals surface area contributed by atoms with Gasteiger partial charge in [0.1, 0.15) is 6.04 Å². The van der Waals surface area contributed by atoms with E-state index in [0.717, 1.165) is 12.1 Å². The first-order chi connectivity index (χ1) is 12.9. The van der Waals surface area contributed by atoms with Gasteiger partial charge < -0.3 is 15.3 Å². The maximum Gasteiger partial charge on any atom is 0.416 e. The number of carbonyl (C=O) groups is 1. The summed E-state index contributed by atoms with van der Waals surface area (Å²) in [6.07, 6.45) is -1.65. The number of aromatic nitrogens is 2. The Labute approximate surface area is 154 Å². The number of benzene rings is 1. The molecule has 0 saturated carbocycles. The van der Waals surface area contributed by atoms with Gasteiger partial charge in [0, 0.05) is 19.3 Å². The van der Waals surface area contributed by atoms with Crippen molar-refractivity contribution in [2.75, 3.05) is 11.9 Å². The molecule has 0 bridgehead atoms. The zero-order valence-electron chi connectivity index (χ0n) is 14.4. The van der Waals surface area contributed by atoms with E-state index in [0.29, 0.717) is 30.6 Å². The number of rotatable bonds is 5. The van der Waals surface area contributed by atoms with Crippen LogP contribution in [0.2, 0.25) is 0 Å². The molecule has 1 amide bonds. The van der Waals surface area contributed by atoms with Crippen LogP contribution in [0.5, 0.6) is 0 Å². The number of alkyl halides is 3. The number of nitrogens with zero attached hydrogens (tertiary/aromatic N) is 3. The van der Waals surface area contributed by atoms with Crippen LogP contribution in [0.25, 0.3) is 0 Å². The molecule has 6 nitrogen and oxygen atoms in total. The molecule has 2 N–H and O–H groups in total. The zero-order valence-corrected chi connectivity index (χ0v) is 14.4. The van der Waals surface area contributed by atoms with Crippen molar-refractivity contribution in [3.63, 3.8) is 0 Å². The fourth-order valence-corrected chi connectivity index (χ4v) is 3.01. The molecule has 1 aromatic heterocycles. The zero-order chi connectivity index (χ0) is 19.4. The van der Waals surface area contributed by atoms with Crippen LogP contribution >= 0.6 is 0 Å². The summed E-state index contributed by atoms with van der Waals surface area (Å²) < 4.78 is 38.6. The van der Waals surface area contributed by atoms with Gasteiger partial charge in [-0.2, -0.15) is 13.2 Å². The Morgan fingerprint density at radius 2 is 2.11 bits per heavy atom.